The van der Waals surface area contributed by atoms with Gasteiger partial charge in [0.25, 0.3) is 0 Å². The van der Waals surface area contributed by atoms with E-state index < -0.39 is 0 Å². The molecule has 1 aromatic carbocycles. The zero-order valence-corrected chi connectivity index (χ0v) is 13.0. The van der Waals surface area contributed by atoms with E-state index in [1.807, 2.05) is 43.4 Å². The van der Waals surface area contributed by atoms with Crippen LogP contribution in [0.2, 0.25) is 0 Å². The van der Waals surface area contributed by atoms with Crippen molar-refractivity contribution in [2.24, 2.45) is 0 Å². The minimum absolute atomic E-state index is 0.655. The van der Waals surface area contributed by atoms with Gasteiger partial charge in [0.05, 0.1) is 21.1 Å². The molecule has 0 radical (unpaired) electrons. The third-order valence-corrected chi connectivity index (χ3v) is 3.94. The van der Waals surface area contributed by atoms with Crippen LogP contribution in [-0.4, -0.2) is 17.0 Å². The molecule has 0 saturated carbocycles. The maximum Gasteiger partial charge on any atom is 0.165 e. The molecule has 0 aliphatic heterocycles. The Morgan fingerprint density at radius 2 is 1.85 bits per heavy atom. The fraction of sp³-hybridized carbons (Fsp3) is 0.0667. The van der Waals surface area contributed by atoms with Crippen molar-refractivity contribution in [1.29, 1.82) is 0 Å². The van der Waals surface area contributed by atoms with Gasteiger partial charge in [0.1, 0.15) is 12.1 Å². The lowest BCUT2D eigenvalue weighted by atomic mass is 10.1. The molecule has 2 heterocycles. The van der Waals surface area contributed by atoms with E-state index in [2.05, 4.69) is 37.9 Å². The molecule has 20 heavy (non-hydrogen) atoms. The number of aromatic nitrogens is 2. The Hall–Kier alpha value is -1.89. The van der Waals surface area contributed by atoms with Gasteiger partial charge in [-0.3, -0.25) is 0 Å². The van der Waals surface area contributed by atoms with Crippen LogP contribution in [0.4, 0.5) is 5.82 Å². The van der Waals surface area contributed by atoms with Crippen LogP contribution >= 0.6 is 22.6 Å². The van der Waals surface area contributed by atoms with E-state index in [9.17, 15) is 0 Å². The highest BCUT2D eigenvalue weighted by atomic mass is 127. The van der Waals surface area contributed by atoms with Crippen molar-refractivity contribution in [2.75, 3.05) is 12.4 Å². The second-order valence-electron chi connectivity index (χ2n) is 4.19. The van der Waals surface area contributed by atoms with Crippen molar-refractivity contribution in [2.45, 2.75) is 0 Å². The first-order chi connectivity index (χ1) is 9.79. The summed E-state index contributed by atoms with van der Waals surface area (Å²) >= 11 is 2.27. The second-order valence-corrected chi connectivity index (χ2v) is 5.27. The number of hydrogen-bond donors (Lipinski definition) is 1. The Morgan fingerprint density at radius 3 is 2.50 bits per heavy atom. The summed E-state index contributed by atoms with van der Waals surface area (Å²) in [6.45, 7) is 0. The predicted octanol–water partition coefficient (Wildman–Crippen LogP) is 4.05. The number of nitrogens with zero attached hydrogens (tertiary/aromatic N) is 2. The molecule has 3 rings (SSSR count). The number of furan rings is 1. The van der Waals surface area contributed by atoms with Gasteiger partial charge in [0, 0.05) is 12.6 Å². The van der Waals surface area contributed by atoms with E-state index in [1.54, 1.807) is 12.5 Å². The number of rotatable bonds is 3. The summed E-state index contributed by atoms with van der Waals surface area (Å²) in [6.07, 6.45) is 3.27. The zero-order chi connectivity index (χ0) is 13.9. The first-order valence-corrected chi connectivity index (χ1v) is 7.20. The van der Waals surface area contributed by atoms with E-state index in [0.29, 0.717) is 5.82 Å². The van der Waals surface area contributed by atoms with Gasteiger partial charge < -0.3 is 9.73 Å². The predicted molar refractivity (Wildman–Crippen MR) is 87.4 cm³/mol. The molecular weight excluding hydrogens is 365 g/mol. The van der Waals surface area contributed by atoms with Crippen LogP contribution in [0, 0.1) is 3.57 Å². The summed E-state index contributed by atoms with van der Waals surface area (Å²) in [6, 6.07) is 11.9. The van der Waals surface area contributed by atoms with Crippen LogP contribution < -0.4 is 5.32 Å². The molecule has 0 unspecified atom stereocenters. The summed E-state index contributed by atoms with van der Waals surface area (Å²) in [7, 11) is 1.86. The highest BCUT2D eigenvalue weighted by molar-refractivity contribution is 14.1. The Labute approximate surface area is 130 Å². The molecule has 3 aromatic rings. The first-order valence-electron chi connectivity index (χ1n) is 6.13. The highest BCUT2D eigenvalue weighted by Gasteiger charge is 2.14. The van der Waals surface area contributed by atoms with Crippen molar-refractivity contribution in [3.8, 4) is 22.6 Å². The van der Waals surface area contributed by atoms with E-state index in [4.69, 9.17) is 4.42 Å². The Morgan fingerprint density at radius 1 is 1.05 bits per heavy atom. The number of benzene rings is 1. The summed E-state index contributed by atoms with van der Waals surface area (Å²) in [5, 5.41) is 3.12. The SMILES string of the molecule is CNc1nc(-c2ccoc2)nc(-c2ccccc2)c1I. The van der Waals surface area contributed by atoms with E-state index in [-0.39, 0.29) is 0 Å². The minimum atomic E-state index is 0.655. The van der Waals surface area contributed by atoms with Crippen LogP contribution in [-0.2, 0) is 0 Å². The fourth-order valence-electron chi connectivity index (χ4n) is 1.92. The van der Waals surface area contributed by atoms with Crippen molar-refractivity contribution in [1.82, 2.24) is 9.97 Å². The monoisotopic (exact) mass is 377 g/mol. The van der Waals surface area contributed by atoms with E-state index >= 15 is 0 Å². The highest BCUT2D eigenvalue weighted by Crippen LogP contribution is 2.30. The minimum Gasteiger partial charge on any atom is -0.472 e. The third-order valence-electron chi connectivity index (χ3n) is 2.91. The van der Waals surface area contributed by atoms with Gasteiger partial charge in [0.15, 0.2) is 5.82 Å². The molecule has 1 N–H and O–H groups in total. The summed E-state index contributed by atoms with van der Waals surface area (Å²) in [4.78, 5) is 9.20. The standard InChI is InChI=1S/C15H12IN3O/c1-17-15-12(16)13(10-5-3-2-4-6-10)18-14(19-15)11-7-8-20-9-11/h2-9H,1H3,(H,17,18,19). The lowest BCUT2D eigenvalue weighted by molar-refractivity contribution is 0.568. The first kappa shape index (κ1) is 13.1. The van der Waals surface area contributed by atoms with Crippen molar-refractivity contribution < 1.29 is 4.42 Å². The van der Waals surface area contributed by atoms with Gasteiger partial charge in [-0.15, -0.1) is 0 Å². The van der Waals surface area contributed by atoms with Crippen LogP contribution in [0.1, 0.15) is 0 Å². The molecule has 0 amide bonds. The summed E-state index contributed by atoms with van der Waals surface area (Å²) in [5.41, 5.74) is 2.86. The third kappa shape index (κ3) is 2.40. The maximum absolute atomic E-state index is 5.12. The number of halogens is 1. The normalized spacial score (nSPS) is 10.5. The molecule has 2 aromatic heterocycles. The molecule has 0 fully saturated rings. The van der Waals surface area contributed by atoms with Crippen molar-refractivity contribution in [3.63, 3.8) is 0 Å². The number of nitrogens with one attached hydrogen (secondary N) is 1. The molecule has 0 bridgehead atoms. The largest absolute Gasteiger partial charge is 0.472 e. The molecule has 0 aliphatic rings. The van der Waals surface area contributed by atoms with Gasteiger partial charge >= 0.3 is 0 Å². The number of anilines is 1. The number of hydrogen-bond acceptors (Lipinski definition) is 4. The smallest absolute Gasteiger partial charge is 0.165 e. The fourth-order valence-corrected chi connectivity index (χ4v) is 2.74. The van der Waals surface area contributed by atoms with Crippen LogP contribution in [0.5, 0.6) is 0 Å². The maximum atomic E-state index is 5.12. The molecule has 0 atom stereocenters. The molecule has 0 spiro atoms. The molecule has 0 saturated heterocycles. The van der Waals surface area contributed by atoms with Gasteiger partial charge in [-0.05, 0) is 28.7 Å². The summed E-state index contributed by atoms with van der Waals surface area (Å²) in [5.74, 6) is 1.47. The van der Waals surface area contributed by atoms with Gasteiger partial charge in [-0.25, -0.2) is 9.97 Å². The van der Waals surface area contributed by atoms with E-state index in [0.717, 1.165) is 26.2 Å². The molecule has 100 valence electrons. The average Bonchev–Trinajstić information content (AvgIpc) is 3.03. The quantitative estimate of drug-likeness (QED) is 0.700. The molecule has 4 nitrogen and oxygen atoms in total. The van der Waals surface area contributed by atoms with Crippen LogP contribution in [0.25, 0.3) is 22.6 Å². The average molecular weight is 377 g/mol. The molecule has 5 heteroatoms. The molecule has 0 aliphatic carbocycles. The van der Waals surface area contributed by atoms with Gasteiger partial charge in [-0.2, -0.15) is 0 Å². The van der Waals surface area contributed by atoms with Crippen molar-refractivity contribution in [3.05, 3.63) is 52.5 Å². The Kier molecular flexibility index (Phi) is 3.68. The topological polar surface area (TPSA) is 51.0 Å². The van der Waals surface area contributed by atoms with Gasteiger partial charge in [-0.1, -0.05) is 30.3 Å². The second kappa shape index (κ2) is 5.62. The lowest BCUT2D eigenvalue weighted by Gasteiger charge is -2.10. The summed E-state index contributed by atoms with van der Waals surface area (Å²) < 4.78 is 6.12. The Bertz CT molecular complexity index is 711. The van der Waals surface area contributed by atoms with Crippen molar-refractivity contribution >= 4 is 28.4 Å². The van der Waals surface area contributed by atoms with Crippen LogP contribution in [0.3, 0.4) is 0 Å². The van der Waals surface area contributed by atoms with Crippen LogP contribution in [0.15, 0.2) is 53.3 Å². The van der Waals surface area contributed by atoms with Gasteiger partial charge in [0.2, 0.25) is 0 Å². The zero-order valence-electron chi connectivity index (χ0n) is 10.8. The molecular formula is C15H12IN3O. The Balaban J connectivity index is 2.21. The lowest BCUT2D eigenvalue weighted by Crippen LogP contribution is -2.02. The van der Waals surface area contributed by atoms with E-state index in [1.165, 1.54) is 0 Å².